The molecule has 1 heterocycles. The van der Waals surface area contributed by atoms with E-state index in [-0.39, 0.29) is 18.0 Å². The number of anilines is 1. The molecular weight excluding hydrogens is 342 g/mol. The third kappa shape index (κ3) is 6.15. The lowest BCUT2D eigenvalue weighted by molar-refractivity contribution is 0.0253. The highest BCUT2D eigenvalue weighted by Crippen LogP contribution is 2.22. The number of nitrogens with one attached hydrogen (secondary N) is 1. The number of hydrogen-bond acceptors (Lipinski definition) is 3. The zero-order valence-electron chi connectivity index (χ0n) is 17.5. The van der Waals surface area contributed by atoms with Crippen molar-refractivity contribution in [1.29, 1.82) is 0 Å². The Bertz CT molecular complexity index is 682. The van der Waals surface area contributed by atoms with E-state index < -0.39 is 5.60 Å². The second-order valence-electron chi connectivity index (χ2n) is 8.49. The van der Waals surface area contributed by atoms with Crippen LogP contribution in [-0.4, -0.2) is 54.2 Å². The van der Waals surface area contributed by atoms with Gasteiger partial charge in [0.2, 0.25) is 0 Å². The van der Waals surface area contributed by atoms with Crippen molar-refractivity contribution in [3.8, 4) is 0 Å². The SMILES string of the molecule is Cc1cccc(NC(=O)N2CCCC(CN(C)C(=O)OC(C)(C)C)C2)c1C. The second-order valence-corrected chi connectivity index (χ2v) is 8.49. The van der Waals surface area contributed by atoms with Gasteiger partial charge in [0.15, 0.2) is 0 Å². The Morgan fingerprint density at radius 1 is 1.30 bits per heavy atom. The molecule has 2 rings (SSSR count). The molecule has 0 saturated carbocycles. The number of carbonyl (C=O) groups excluding carboxylic acids is 2. The third-order valence-electron chi connectivity index (χ3n) is 4.89. The van der Waals surface area contributed by atoms with Crippen LogP contribution in [0, 0.1) is 19.8 Å². The quantitative estimate of drug-likeness (QED) is 0.851. The lowest BCUT2D eigenvalue weighted by atomic mass is 9.98. The fourth-order valence-electron chi connectivity index (χ4n) is 3.28. The predicted octanol–water partition coefficient (Wildman–Crippen LogP) is 4.41. The monoisotopic (exact) mass is 375 g/mol. The van der Waals surface area contributed by atoms with Crippen LogP contribution in [0.25, 0.3) is 0 Å². The maximum Gasteiger partial charge on any atom is 0.410 e. The fourth-order valence-corrected chi connectivity index (χ4v) is 3.28. The van der Waals surface area contributed by atoms with Gasteiger partial charge in [-0.05, 0) is 70.6 Å². The first-order chi connectivity index (χ1) is 12.6. The van der Waals surface area contributed by atoms with Crippen LogP contribution in [0.15, 0.2) is 18.2 Å². The van der Waals surface area contributed by atoms with E-state index in [2.05, 4.69) is 5.32 Å². The highest BCUT2D eigenvalue weighted by Gasteiger charge is 2.27. The Balaban J connectivity index is 1.92. The average molecular weight is 376 g/mol. The summed E-state index contributed by atoms with van der Waals surface area (Å²) in [5.74, 6) is 0.251. The molecule has 1 aliphatic rings. The minimum Gasteiger partial charge on any atom is -0.444 e. The van der Waals surface area contributed by atoms with Crippen molar-refractivity contribution in [1.82, 2.24) is 9.80 Å². The molecule has 1 aliphatic heterocycles. The summed E-state index contributed by atoms with van der Waals surface area (Å²) < 4.78 is 5.41. The summed E-state index contributed by atoms with van der Waals surface area (Å²) in [6, 6.07) is 5.84. The molecule has 1 N–H and O–H groups in total. The highest BCUT2D eigenvalue weighted by atomic mass is 16.6. The Kier molecular flexibility index (Phi) is 6.73. The Hall–Kier alpha value is -2.24. The molecule has 27 heavy (non-hydrogen) atoms. The zero-order chi connectivity index (χ0) is 20.2. The van der Waals surface area contributed by atoms with E-state index in [9.17, 15) is 9.59 Å². The van der Waals surface area contributed by atoms with Crippen molar-refractivity contribution in [3.63, 3.8) is 0 Å². The minimum absolute atomic E-state index is 0.0756. The number of urea groups is 1. The number of ether oxygens (including phenoxy) is 1. The molecule has 1 unspecified atom stereocenters. The van der Waals surface area contributed by atoms with Gasteiger partial charge in [-0.3, -0.25) is 0 Å². The number of aryl methyl sites for hydroxylation is 1. The summed E-state index contributed by atoms with van der Waals surface area (Å²) in [5.41, 5.74) is 2.59. The number of nitrogens with zero attached hydrogens (tertiary/aromatic N) is 2. The lowest BCUT2D eigenvalue weighted by Crippen LogP contribution is -2.46. The predicted molar refractivity (Wildman–Crippen MR) is 108 cm³/mol. The molecule has 0 bridgehead atoms. The molecule has 1 aromatic rings. The van der Waals surface area contributed by atoms with Crippen molar-refractivity contribution in [2.75, 3.05) is 32.0 Å². The van der Waals surface area contributed by atoms with E-state index in [4.69, 9.17) is 4.74 Å². The van der Waals surface area contributed by atoms with E-state index in [0.717, 1.165) is 36.2 Å². The minimum atomic E-state index is -0.504. The van der Waals surface area contributed by atoms with E-state index in [1.54, 1.807) is 11.9 Å². The molecule has 6 heteroatoms. The molecule has 1 atom stereocenters. The number of piperidine rings is 1. The maximum atomic E-state index is 12.7. The third-order valence-corrected chi connectivity index (χ3v) is 4.89. The molecule has 1 fully saturated rings. The van der Waals surface area contributed by atoms with E-state index in [0.29, 0.717) is 13.1 Å². The van der Waals surface area contributed by atoms with E-state index >= 15 is 0 Å². The first-order valence-electron chi connectivity index (χ1n) is 9.63. The molecule has 1 aromatic carbocycles. The Labute approximate surface area is 162 Å². The van der Waals surface area contributed by atoms with Crippen LogP contribution in [0.2, 0.25) is 0 Å². The molecule has 1 saturated heterocycles. The summed E-state index contributed by atoms with van der Waals surface area (Å²) in [6.45, 7) is 11.6. The van der Waals surface area contributed by atoms with Gasteiger partial charge in [0.05, 0.1) is 0 Å². The zero-order valence-corrected chi connectivity index (χ0v) is 17.5. The Morgan fingerprint density at radius 3 is 2.67 bits per heavy atom. The summed E-state index contributed by atoms with van der Waals surface area (Å²) in [6.07, 6.45) is 1.62. The number of hydrogen-bond donors (Lipinski definition) is 1. The standard InChI is InChI=1S/C21H33N3O3/c1-15-9-7-11-18(16(15)2)22-19(25)24-12-8-10-17(14-24)13-23(6)20(26)27-21(3,4)5/h7,9,11,17H,8,10,12-14H2,1-6H3,(H,22,25). The van der Waals surface area contributed by atoms with E-state index in [1.165, 1.54) is 0 Å². The fraction of sp³-hybridized carbons (Fsp3) is 0.619. The second kappa shape index (κ2) is 8.63. The number of amides is 3. The highest BCUT2D eigenvalue weighted by molar-refractivity contribution is 5.90. The van der Waals surface area contributed by atoms with Gasteiger partial charge in [-0.2, -0.15) is 0 Å². The number of benzene rings is 1. The van der Waals surface area contributed by atoms with Crippen LogP contribution >= 0.6 is 0 Å². The number of likely N-dealkylation sites (tertiary alicyclic amines) is 1. The molecule has 0 spiro atoms. The van der Waals surface area contributed by atoms with Gasteiger partial charge in [0.1, 0.15) is 5.60 Å². The molecule has 150 valence electrons. The van der Waals surface area contributed by atoms with Gasteiger partial charge >= 0.3 is 12.1 Å². The summed E-state index contributed by atoms with van der Waals surface area (Å²) in [4.78, 5) is 28.3. The van der Waals surface area contributed by atoms with Crippen molar-refractivity contribution in [3.05, 3.63) is 29.3 Å². The van der Waals surface area contributed by atoms with Crippen molar-refractivity contribution < 1.29 is 14.3 Å². The Morgan fingerprint density at radius 2 is 2.00 bits per heavy atom. The van der Waals surface area contributed by atoms with Crippen LogP contribution < -0.4 is 5.32 Å². The summed E-state index contributed by atoms with van der Waals surface area (Å²) in [7, 11) is 1.75. The lowest BCUT2D eigenvalue weighted by Gasteiger charge is -2.35. The van der Waals surface area contributed by atoms with Gasteiger partial charge in [-0.25, -0.2) is 9.59 Å². The van der Waals surface area contributed by atoms with Crippen LogP contribution in [0.4, 0.5) is 15.3 Å². The molecule has 3 amide bonds. The molecule has 6 nitrogen and oxygen atoms in total. The summed E-state index contributed by atoms with van der Waals surface area (Å²) >= 11 is 0. The largest absolute Gasteiger partial charge is 0.444 e. The normalized spacial score (nSPS) is 17.4. The number of carbonyl (C=O) groups is 2. The van der Waals surface area contributed by atoms with Gasteiger partial charge in [0, 0.05) is 32.4 Å². The maximum absolute atomic E-state index is 12.7. The average Bonchev–Trinajstić information content (AvgIpc) is 2.57. The van der Waals surface area contributed by atoms with E-state index in [1.807, 2.05) is 57.7 Å². The van der Waals surface area contributed by atoms with Gasteiger partial charge < -0.3 is 19.9 Å². The van der Waals surface area contributed by atoms with Crippen LogP contribution in [0.3, 0.4) is 0 Å². The topological polar surface area (TPSA) is 61.9 Å². The van der Waals surface area contributed by atoms with Crippen LogP contribution in [-0.2, 0) is 4.74 Å². The van der Waals surface area contributed by atoms with Gasteiger partial charge in [-0.1, -0.05) is 12.1 Å². The van der Waals surface area contributed by atoms with Crippen molar-refractivity contribution >= 4 is 17.8 Å². The molecule has 0 aromatic heterocycles. The first-order valence-corrected chi connectivity index (χ1v) is 9.63. The smallest absolute Gasteiger partial charge is 0.410 e. The van der Waals surface area contributed by atoms with Gasteiger partial charge in [-0.15, -0.1) is 0 Å². The molecule has 0 radical (unpaired) electrons. The number of rotatable bonds is 3. The molecule has 0 aliphatic carbocycles. The summed E-state index contributed by atoms with van der Waals surface area (Å²) in [5, 5.41) is 3.03. The first kappa shape index (κ1) is 21.1. The van der Waals surface area contributed by atoms with Crippen LogP contribution in [0.5, 0.6) is 0 Å². The van der Waals surface area contributed by atoms with Crippen LogP contribution in [0.1, 0.15) is 44.7 Å². The van der Waals surface area contributed by atoms with Gasteiger partial charge in [0.25, 0.3) is 0 Å². The van der Waals surface area contributed by atoms with Crippen molar-refractivity contribution in [2.45, 2.75) is 53.1 Å². The molecular formula is C21H33N3O3. The van der Waals surface area contributed by atoms with Crippen molar-refractivity contribution in [2.24, 2.45) is 5.92 Å².